The Balaban J connectivity index is 2.57. The van der Waals surface area contributed by atoms with E-state index in [1.165, 1.54) is 6.07 Å². The first kappa shape index (κ1) is 14.5. The summed E-state index contributed by atoms with van der Waals surface area (Å²) in [6, 6.07) is 3.66. The summed E-state index contributed by atoms with van der Waals surface area (Å²) in [5.74, 6) is -4.51. The first-order chi connectivity index (χ1) is 9.31. The van der Waals surface area contributed by atoms with Gasteiger partial charge in [0.1, 0.15) is 17.7 Å². The van der Waals surface area contributed by atoms with E-state index in [4.69, 9.17) is 0 Å². The molecule has 2 aromatic carbocycles. The van der Waals surface area contributed by atoms with Crippen molar-refractivity contribution in [2.24, 2.45) is 0 Å². The minimum absolute atomic E-state index is 0.152. The monoisotopic (exact) mass is 284 g/mol. The van der Waals surface area contributed by atoms with Crippen molar-refractivity contribution in [3.63, 3.8) is 0 Å². The van der Waals surface area contributed by atoms with Gasteiger partial charge < -0.3 is 5.11 Å². The zero-order valence-corrected chi connectivity index (χ0v) is 10.8. The van der Waals surface area contributed by atoms with Crippen molar-refractivity contribution in [3.05, 3.63) is 69.8 Å². The number of aryl methyl sites for hydroxylation is 2. The summed E-state index contributed by atoms with van der Waals surface area (Å²) < 4.78 is 53.5. The van der Waals surface area contributed by atoms with Gasteiger partial charge in [0.15, 0.2) is 11.6 Å². The van der Waals surface area contributed by atoms with Gasteiger partial charge in [0, 0.05) is 17.2 Å². The molecule has 0 aliphatic rings. The number of hydrogen-bond donors (Lipinski definition) is 1. The molecule has 20 heavy (non-hydrogen) atoms. The highest BCUT2D eigenvalue weighted by molar-refractivity contribution is 5.39. The van der Waals surface area contributed by atoms with E-state index in [1.54, 1.807) is 19.9 Å². The SMILES string of the molecule is Cc1cc(C)c(C(O)c2cc(F)c(F)cc2F)c(F)c1. The minimum Gasteiger partial charge on any atom is -0.383 e. The molecule has 0 heterocycles. The van der Waals surface area contributed by atoms with E-state index in [2.05, 4.69) is 0 Å². The standard InChI is InChI=1S/C15H12F4O/c1-7-3-8(2)14(13(19)4-7)15(20)9-5-11(17)12(18)6-10(9)16/h3-6,15,20H,1-2H3. The third kappa shape index (κ3) is 2.54. The lowest BCUT2D eigenvalue weighted by atomic mass is 9.95. The molecule has 0 bridgehead atoms. The maximum absolute atomic E-state index is 13.9. The summed E-state index contributed by atoms with van der Waals surface area (Å²) in [5.41, 5.74) is 0.385. The molecule has 1 N–H and O–H groups in total. The van der Waals surface area contributed by atoms with E-state index < -0.39 is 34.9 Å². The van der Waals surface area contributed by atoms with E-state index in [9.17, 15) is 22.7 Å². The fraction of sp³-hybridized carbons (Fsp3) is 0.200. The zero-order valence-electron chi connectivity index (χ0n) is 10.8. The number of rotatable bonds is 2. The molecule has 2 aromatic rings. The van der Waals surface area contributed by atoms with Crippen molar-refractivity contribution >= 4 is 0 Å². The lowest BCUT2D eigenvalue weighted by molar-refractivity contribution is 0.208. The second kappa shape index (κ2) is 5.25. The Kier molecular flexibility index (Phi) is 3.81. The zero-order chi connectivity index (χ0) is 15.0. The predicted octanol–water partition coefficient (Wildman–Crippen LogP) is 3.94. The minimum atomic E-state index is -1.70. The Labute approximate surface area is 113 Å². The van der Waals surface area contributed by atoms with Crippen molar-refractivity contribution in [1.82, 2.24) is 0 Å². The molecule has 1 atom stereocenters. The van der Waals surface area contributed by atoms with Gasteiger partial charge >= 0.3 is 0 Å². The average molecular weight is 284 g/mol. The first-order valence-corrected chi connectivity index (χ1v) is 5.90. The molecular formula is C15H12F4O. The van der Waals surface area contributed by atoms with Crippen molar-refractivity contribution < 1.29 is 22.7 Å². The van der Waals surface area contributed by atoms with E-state index >= 15 is 0 Å². The number of benzene rings is 2. The molecular weight excluding hydrogens is 272 g/mol. The second-order valence-corrected chi connectivity index (χ2v) is 4.67. The van der Waals surface area contributed by atoms with Gasteiger partial charge in [0.2, 0.25) is 0 Å². The van der Waals surface area contributed by atoms with Crippen molar-refractivity contribution in [3.8, 4) is 0 Å². The lowest BCUT2D eigenvalue weighted by Crippen LogP contribution is -2.09. The van der Waals surface area contributed by atoms with Crippen LogP contribution in [-0.4, -0.2) is 5.11 Å². The van der Waals surface area contributed by atoms with Gasteiger partial charge in [0.05, 0.1) is 0 Å². The van der Waals surface area contributed by atoms with Crippen LogP contribution in [0.3, 0.4) is 0 Å². The highest BCUT2D eigenvalue weighted by atomic mass is 19.2. The Bertz CT molecular complexity index is 644. The van der Waals surface area contributed by atoms with Gasteiger partial charge in [-0.25, -0.2) is 17.6 Å². The highest BCUT2D eigenvalue weighted by Gasteiger charge is 2.23. The molecule has 1 nitrogen and oxygen atoms in total. The van der Waals surface area contributed by atoms with Crippen LogP contribution in [0.15, 0.2) is 24.3 Å². The van der Waals surface area contributed by atoms with Crippen LogP contribution in [0, 0.1) is 37.1 Å². The third-order valence-corrected chi connectivity index (χ3v) is 3.09. The largest absolute Gasteiger partial charge is 0.383 e. The fourth-order valence-electron chi connectivity index (χ4n) is 2.18. The molecule has 2 rings (SSSR count). The molecule has 0 amide bonds. The van der Waals surface area contributed by atoms with Crippen LogP contribution in [0.25, 0.3) is 0 Å². The van der Waals surface area contributed by atoms with Crippen molar-refractivity contribution in [2.45, 2.75) is 20.0 Å². The summed E-state index contributed by atoms with van der Waals surface area (Å²) >= 11 is 0. The maximum Gasteiger partial charge on any atom is 0.161 e. The number of aliphatic hydroxyl groups excluding tert-OH is 1. The van der Waals surface area contributed by atoms with Gasteiger partial charge in [-0.2, -0.15) is 0 Å². The molecule has 0 saturated heterocycles. The van der Waals surface area contributed by atoms with Crippen LogP contribution in [-0.2, 0) is 0 Å². The molecule has 0 aromatic heterocycles. The summed E-state index contributed by atoms with van der Waals surface area (Å²) in [7, 11) is 0. The Morgan fingerprint density at radius 3 is 2.00 bits per heavy atom. The smallest absolute Gasteiger partial charge is 0.161 e. The Hall–Kier alpha value is -1.88. The van der Waals surface area contributed by atoms with Crippen LogP contribution in [0.5, 0.6) is 0 Å². The van der Waals surface area contributed by atoms with Gasteiger partial charge in [-0.3, -0.25) is 0 Å². The van der Waals surface area contributed by atoms with E-state index in [0.29, 0.717) is 23.3 Å². The molecule has 0 fully saturated rings. The molecule has 0 spiro atoms. The summed E-state index contributed by atoms with van der Waals surface area (Å²) in [6.45, 7) is 3.22. The molecule has 0 radical (unpaired) electrons. The average Bonchev–Trinajstić information content (AvgIpc) is 2.32. The Morgan fingerprint density at radius 2 is 1.40 bits per heavy atom. The normalized spacial score (nSPS) is 12.6. The molecule has 0 aliphatic heterocycles. The lowest BCUT2D eigenvalue weighted by Gasteiger charge is -2.16. The van der Waals surface area contributed by atoms with Gasteiger partial charge in [0.25, 0.3) is 0 Å². The van der Waals surface area contributed by atoms with Crippen LogP contribution in [0.1, 0.15) is 28.4 Å². The van der Waals surface area contributed by atoms with E-state index in [1.807, 2.05) is 0 Å². The summed E-state index contributed by atoms with van der Waals surface area (Å²) in [5, 5.41) is 10.1. The van der Waals surface area contributed by atoms with E-state index in [0.717, 1.165) is 0 Å². The Morgan fingerprint density at radius 1 is 0.800 bits per heavy atom. The topological polar surface area (TPSA) is 20.2 Å². The molecule has 5 heteroatoms. The van der Waals surface area contributed by atoms with Crippen LogP contribution < -0.4 is 0 Å². The number of hydrogen-bond acceptors (Lipinski definition) is 1. The molecule has 106 valence electrons. The first-order valence-electron chi connectivity index (χ1n) is 5.90. The quantitative estimate of drug-likeness (QED) is 0.654. The fourth-order valence-corrected chi connectivity index (χ4v) is 2.18. The number of halogens is 4. The molecule has 0 saturated carbocycles. The second-order valence-electron chi connectivity index (χ2n) is 4.67. The van der Waals surface area contributed by atoms with E-state index in [-0.39, 0.29) is 5.56 Å². The van der Waals surface area contributed by atoms with Gasteiger partial charge in [-0.1, -0.05) is 6.07 Å². The molecule has 0 aliphatic carbocycles. The van der Waals surface area contributed by atoms with Gasteiger partial charge in [-0.05, 0) is 37.1 Å². The third-order valence-electron chi connectivity index (χ3n) is 3.09. The van der Waals surface area contributed by atoms with Crippen molar-refractivity contribution in [2.75, 3.05) is 0 Å². The van der Waals surface area contributed by atoms with Crippen molar-refractivity contribution in [1.29, 1.82) is 0 Å². The van der Waals surface area contributed by atoms with Crippen LogP contribution in [0.2, 0.25) is 0 Å². The molecule has 1 unspecified atom stereocenters. The highest BCUT2D eigenvalue weighted by Crippen LogP contribution is 2.30. The maximum atomic E-state index is 13.9. The van der Waals surface area contributed by atoms with Crippen LogP contribution >= 0.6 is 0 Å². The number of aliphatic hydroxyl groups is 1. The summed E-state index contributed by atoms with van der Waals surface area (Å²) in [6.07, 6.45) is -1.70. The van der Waals surface area contributed by atoms with Crippen LogP contribution in [0.4, 0.5) is 17.6 Å². The summed E-state index contributed by atoms with van der Waals surface area (Å²) in [4.78, 5) is 0. The predicted molar refractivity (Wildman–Crippen MR) is 66.3 cm³/mol. The van der Waals surface area contributed by atoms with Gasteiger partial charge in [-0.15, -0.1) is 0 Å².